The number of nitrogens with one attached hydrogen (secondary N) is 1. The predicted octanol–water partition coefficient (Wildman–Crippen LogP) is 3.43. The average Bonchev–Trinajstić information content (AvgIpc) is 3.24. The fourth-order valence-electron chi connectivity index (χ4n) is 3.77. The Labute approximate surface area is 162 Å². The van der Waals surface area contributed by atoms with Gasteiger partial charge in [-0.1, -0.05) is 0 Å². The first-order valence-corrected chi connectivity index (χ1v) is 9.58. The van der Waals surface area contributed by atoms with Gasteiger partial charge in [0.15, 0.2) is 5.79 Å². The van der Waals surface area contributed by atoms with E-state index < -0.39 is 18.8 Å². The molecule has 1 N–H and O–H groups in total. The van der Waals surface area contributed by atoms with Gasteiger partial charge in [-0.2, -0.15) is 5.26 Å². The van der Waals surface area contributed by atoms with E-state index in [9.17, 15) is 14.0 Å². The number of nitrogens with zero attached hydrogens (tertiary/aromatic N) is 4. The Kier molecular flexibility index (Phi) is 5.01. The van der Waals surface area contributed by atoms with Crippen LogP contribution in [0.1, 0.15) is 31.5 Å². The van der Waals surface area contributed by atoms with Crippen LogP contribution in [0.4, 0.5) is 14.6 Å². The molecule has 144 valence electrons. The van der Waals surface area contributed by atoms with E-state index in [4.69, 9.17) is 9.47 Å². The number of anilines is 1. The van der Waals surface area contributed by atoms with E-state index in [1.165, 1.54) is 10.8 Å². The first kappa shape index (κ1) is 18.5. The van der Waals surface area contributed by atoms with Gasteiger partial charge in [-0.3, -0.25) is 0 Å². The van der Waals surface area contributed by atoms with Gasteiger partial charge < -0.3 is 19.4 Å². The van der Waals surface area contributed by atoms with E-state index in [-0.39, 0.29) is 11.9 Å². The summed E-state index contributed by atoms with van der Waals surface area (Å²) in [5, 5.41) is 12.6. The molecule has 1 aliphatic carbocycles. The number of alkyl halides is 2. The van der Waals surface area contributed by atoms with Crippen molar-refractivity contribution in [1.29, 1.82) is 5.26 Å². The molecule has 0 atom stereocenters. The molecule has 1 aliphatic heterocycles. The quantitative estimate of drug-likeness (QED) is 0.781. The van der Waals surface area contributed by atoms with Gasteiger partial charge in [0.1, 0.15) is 17.4 Å². The van der Waals surface area contributed by atoms with Gasteiger partial charge in [-0.05, 0) is 28.8 Å². The smallest absolute Gasteiger partial charge is 0.256 e. The molecule has 0 unspecified atom stereocenters. The summed E-state index contributed by atoms with van der Waals surface area (Å²) in [5.74, 6) is 0.0568. The Morgan fingerprint density at radius 1 is 1.37 bits per heavy atom. The molecule has 2 aromatic rings. The summed E-state index contributed by atoms with van der Waals surface area (Å²) >= 11 is 3.46. The molecule has 1 saturated heterocycles. The van der Waals surface area contributed by atoms with Crippen molar-refractivity contribution in [2.24, 2.45) is 0 Å². The monoisotopic (exact) mass is 441 g/mol. The maximum absolute atomic E-state index is 13.0. The largest absolute Gasteiger partial charge is 0.366 e. The van der Waals surface area contributed by atoms with Crippen molar-refractivity contribution >= 4 is 32.8 Å². The summed E-state index contributed by atoms with van der Waals surface area (Å²) in [6.45, 7) is 0.677. The number of halogens is 3. The lowest BCUT2D eigenvalue weighted by molar-refractivity contribution is -0.177. The lowest BCUT2D eigenvalue weighted by atomic mass is 9.90. The number of imidazole rings is 1. The Bertz CT molecular complexity index is 882. The zero-order chi connectivity index (χ0) is 19.0. The van der Waals surface area contributed by atoms with Crippen LogP contribution in [0.2, 0.25) is 0 Å². The molecule has 27 heavy (non-hydrogen) atoms. The minimum atomic E-state index is -2.59. The lowest BCUT2D eigenvalue weighted by Crippen LogP contribution is -2.39. The highest BCUT2D eigenvalue weighted by Crippen LogP contribution is 2.38. The maximum Gasteiger partial charge on any atom is 0.256 e. The summed E-state index contributed by atoms with van der Waals surface area (Å²) in [5.41, 5.74) is 0.846. The summed E-state index contributed by atoms with van der Waals surface area (Å²) in [6.07, 6.45) is 2.21. The molecule has 2 aromatic heterocycles. The van der Waals surface area contributed by atoms with Crippen molar-refractivity contribution in [3.05, 3.63) is 16.5 Å². The minimum Gasteiger partial charge on any atom is -0.366 e. The van der Waals surface area contributed by atoms with Crippen LogP contribution in [-0.2, 0) is 16.0 Å². The van der Waals surface area contributed by atoms with Crippen molar-refractivity contribution < 1.29 is 18.3 Å². The zero-order valence-electron chi connectivity index (χ0n) is 14.4. The number of rotatable bonds is 4. The Hall–Kier alpha value is -1.83. The van der Waals surface area contributed by atoms with Gasteiger partial charge in [-0.15, -0.1) is 0 Å². The molecule has 7 nitrogen and oxygen atoms in total. The van der Waals surface area contributed by atoms with Gasteiger partial charge in [0.05, 0.1) is 35.9 Å². The molecular weight excluding hydrogens is 424 g/mol. The Balaban J connectivity index is 1.57. The third-order valence-corrected chi connectivity index (χ3v) is 5.80. The number of hydrogen-bond donors (Lipinski definition) is 1. The van der Waals surface area contributed by atoms with Crippen LogP contribution in [0, 0.1) is 11.3 Å². The number of hydrogen-bond acceptors (Lipinski definition) is 6. The zero-order valence-corrected chi connectivity index (χ0v) is 16.0. The molecule has 2 aliphatic rings. The summed E-state index contributed by atoms with van der Waals surface area (Å²) < 4.78 is 39.2. The van der Waals surface area contributed by atoms with E-state index in [0.29, 0.717) is 34.5 Å². The predicted molar refractivity (Wildman–Crippen MR) is 96.5 cm³/mol. The third kappa shape index (κ3) is 3.51. The fourth-order valence-corrected chi connectivity index (χ4v) is 4.40. The maximum atomic E-state index is 13.0. The highest BCUT2D eigenvalue weighted by Gasteiger charge is 2.40. The SMILES string of the molecule is N#Cc1nc2cnc(NC3CCC4(CC3)OCCO4)c(Br)c2n1CC(F)F. The van der Waals surface area contributed by atoms with Gasteiger partial charge in [0.2, 0.25) is 5.82 Å². The lowest BCUT2D eigenvalue weighted by Gasteiger charge is -2.35. The van der Waals surface area contributed by atoms with E-state index in [0.717, 1.165) is 25.7 Å². The van der Waals surface area contributed by atoms with Gasteiger partial charge in [0, 0.05) is 18.9 Å². The van der Waals surface area contributed by atoms with E-state index >= 15 is 0 Å². The molecule has 0 radical (unpaired) electrons. The number of pyridine rings is 1. The van der Waals surface area contributed by atoms with Gasteiger partial charge >= 0.3 is 0 Å². The van der Waals surface area contributed by atoms with Gasteiger partial charge in [0.25, 0.3) is 6.43 Å². The van der Waals surface area contributed by atoms with Crippen molar-refractivity contribution in [3.8, 4) is 6.07 Å². The van der Waals surface area contributed by atoms with Crippen molar-refractivity contribution in [2.75, 3.05) is 18.5 Å². The highest BCUT2D eigenvalue weighted by molar-refractivity contribution is 9.10. The Morgan fingerprint density at radius 2 is 2.07 bits per heavy atom. The van der Waals surface area contributed by atoms with Crippen LogP contribution in [0.15, 0.2) is 10.7 Å². The second-order valence-electron chi connectivity index (χ2n) is 6.73. The number of nitriles is 1. The average molecular weight is 442 g/mol. The molecule has 0 amide bonds. The standard InChI is InChI=1S/C17H18BrF2N5O2/c18-14-15-11(24-13(7-21)25(15)9-12(19)20)8-22-16(14)23-10-1-3-17(4-2-10)26-5-6-27-17/h8,10,12H,1-6,9H2,(H,22,23). The second-order valence-corrected chi connectivity index (χ2v) is 7.52. The summed E-state index contributed by atoms with van der Waals surface area (Å²) in [7, 11) is 0. The fraction of sp³-hybridized carbons (Fsp3) is 0.588. The van der Waals surface area contributed by atoms with Crippen LogP contribution < -0.4 is 5.32 Å². The number of ether oxygens (including phenoxy) is 2. The number of aromatic nitrogens is 3. The molecule has 0 aromatic carbocycles. The van der Waals surface area contributed by atoms with Crippen molar-refractivity contribution in [2.45, 2.75) is 50.5 Å². The van der Waals surface area contributed by atoms with Crippen LogP contribution in [0.5, 0.6) is 0 Å². The van der Waals surface area contributed by atoms with Crippen LogP contribution in [-0.4, -0.2) is 46.0 Å². The molecule has 4 rings (SSSR count). The van der Waals surface area contributed by atoms with Crippen LogP contribution in [0.25, 0.3) is 11.0 Å². The molecular formula is C17H18BrF2N5O2. The third-order valence-electron chi connectivity index (χ3n) is 5.05. The minimum absolute atomic E-state index is 0.0555. The Morgan fingerprint density at radius 3 is 2.70 bits per heavy atom. The molecule has 10 heteroatoms. The molecule has 2 fully saturated rings. The second kappa shape index (κ2) is 7.30. The van der Waals surface area contributed by atoms with Crippen LogP contribution >= 0.6 is 15.9 Å². The first-order valence-electron chi connectivity index (χ1n) is 8.79. The van der Waals surface area contributed by atoms with E-state index in [2.05, 4.69) is 31.2 Å². The normalized spacial score (nSPS) is 19.8. The van der Waals surface area contributed by atoms with E-state index in [1.54, 1.807) is 0 Å². The van der Waals surface area contributed by atoms with Crippen molar-refractivity contribution in [3.63, 3.8) is 0 Å². The van der Waals surface area contributed by atoms with Gasteiger partial charge in [-0.25, -0.2) is 18.7 Å². The first-order chi connectivity index (χ1) is 13.0. The molecule has 1 saturated carbocycles. The number of fused-ring (bicyclic) bond motifs is 1. The molecule has 1 spiro atoms. The van der Waals surface area contributed by atoms with E-state index in [1.807, 2.05) is 6.07 Å². The summed E-state index contributed by atoms with van der Waals surface area (Å²) in [4.78, 5) is 8.46. The topological polar surface area (TPSA) is 85.0 Å². The summed E-state index contributed by atoms with van der Waals surface area (Å²) in [6, 6.07) is 2.04. The van der Waals surface area contributed by atoms with Crippen LogP contribution in [0.3, 0.4) is 0 Å². The molecule has 3 heterocycles. The van der Waals surface area contributed by atoms with Crippen molar-refractivity contribution in [1.82, 2.24) is 14.5 Å². The molecule has 0 bridgehead atoms. The highest BCUT2D eigenvalue weighted by atomic mass is 79.9.